The Bertz CT molecular complexity index is 512. The quantitative estimate of drug-likeness (QED) is 0.758. The summed E-state index contributed by atoms with van der Waals surface area (Å²) in [6, 6.07) is 20.1. The Labute approximate surface area is 125 Å². The van der Waals surface area contributed by atoms with E-state index >= 15 is 0 Å². The Morgan fingerprint density at radius 1 is 0.952 bits per heavy atom. The fourth-order valence-corrected chi connectivity index (χ4v) is 2.19. The lowest BCUT2D eigenvalue weighted by molar-refractivity contribution is -0.149. The number of rotatable bonds is 6. The third-order valence-electron chi connectivity index (χ3n) is 3.07. The first-order valence-corrected chi connectivity index (χ1v) is 7.05. The van der Waals surface area contributed by atoms with Crippen LogP contribution in [0, 0.1) is 0 Å². The van der Waals surface area contributed by atoms with Crippen LogP contribution in [-0.4, -0.2) is 18.7 Å². The van der Waals surface area contributed by atoms with Gasteiger partial charge in [0.15, 0.2) is 0 Å². The first kappa shape index (κ1) is 15.3. The molecule has 0 heterocycles. The molecule has 2 rings (SSSR count). The molecule has 0 saturated heterocycles. The van der Waals surface area contributed by atoms with Crippen LogP contribution in [0.1, 0.15) is 31.1 Å². The van der Waals surface area contributed by atoms with Crippen LogP contribution in [0.5, 0.6) is 0 Å². The van der Waals surface area contributed by atoms with Crippen LogP contribution in [0.4, 0.5) is 0 Å². The van der Waals surface area contributed by atoms with E-state index in [9.17, 15) is 4.79 Å². The molecule has 2 aromatic carbocycles. The van der Waals surface area contributed by atoms with Gasteiger partial charge in [0.1, 0.15) is 12.2 Å². The second kappa shape index (κ2) is 7.60. The Morgan fingerprint density at radius 2 is 1.43 bits per heavy atom. The van der Waals surface area contributed by atoms with E-state index in [2.05, 4.69) is 0 Å². The Hall–Kier alpha value is -2.13. The van der Waals surface area contributed by atoms with Crippen molar-refractivity contribution in [3.05, 3.63) is 71.8 Å². The lowest BCUT2D eigenvalue weighted by Crippen LogP contribution is -2.20. The highest BCUT2D eigenvalue weighted by Gasteiger charge is 2.16. The fourth-order valence-electron chi connectivity index (χ4n) is 2.19. The van der Waals surface area contributed by atoms with Gasteiger partial charge in [-0.05, 0) is 18.1 Å². The maximum atomic E-state index is 11.0. The van der Waals surface area contributed by atoms with E-state index in [0.717, 1.165) is 11.1 Å². The molecule has 0 radical (unpaired) electrons. The average molecular weight is 284 g/mol. The van der Waals surface area contributed by atoms with E-state index in [1.165, 1.54) is 6.92 Å². The van der Waals surface area contributed by atoms with Crippen LogP contribution in [0.3, 0.4) is 0 Å². The van der Waals surface area contributed by atoms with E-state index in [0.29, 0.717) is 6.61 Å². The molecule has 0 amide bonds. The van der Waals surface area contributed by atoms with Gasteiger partial charge in [0.2, 0.25) is 0 Å². The van der Waals surface area contributed by atoms with Crippen LogP contribution < -0.4 is 0 Å². The smallest absolute Gasteiger partial charge is 0.302 e. The number of esters is 1. The largest absolute Gasteiger partial charge is 0.460 e. The Morgan fingerprint density at radius 3 is 1.86 bits per heavy atom. The molecule has 0 spiro atoms. The van der Waals surface area contributed by atoms with Gasteiger partial charge in [0.25, 0.3) is 0 Å². The summed E-state index contributed by atoms with van der Waals surface area (Å²) in [5.74, 6) is -0.290. The van der Waals surface area contributed by atoms with Crippen molar-refractivity contribution in [1.29, 1.82) is 0 Å². The maximum Gasteiger partial charge on any atom is 0.302 e. The van der Waals surface area contributed by atoms with Gasteiger partial charge in [-0.3, -0.25) is 4.79 Å². The van der Waals surface area contributed by atoms with Crippen LogP contribution in [0.15, 0.2) is 60.7 Å². The molecule has 0 unspecified atom stereocenters. The molecular formula is C18H20O3. The van der Waals surface area contributed by atoms with Gasteiger partial charge in [-0.25, -0.2) is 0 Å². The van der Waals surface area contributed by atoms with Crippen molar-refractivity contribution in [3.8, 4) is 0 Å². The summed E-state index contributed by atoms with van der Waals surface area (Å²) in [5.41, 5.74) is 2.16. The standard InChI is InChI=1S/C18H20O3/c1-14(21-15(2)19)13-20-18(16-9-5-3-6-10-16)17-11-7-4-8-12-17/h3-12,14,18H,13H2,1-2H3/t14-/m1/s1. The summed E-state index contributed by atoms with van der Waals surface area (Å²) < 4.78 is 11.1. The minimum Gasteiger partial charge on any atom is -0.460 e. The molecule has 1 atom stereocenters. The third-order valence-corrected chi connectivity index (χ3v) is 3.07. The predicted octanol–water partition coefficient (Wildman–Crippen LogP) is 3.74. The van der Waals surface area contributed by atoms with Gasteiger partial charge in [0, 0.05) is 6.92 Å². The van der Waals surface area contributed by atoms with Gasteiger partial charge in [0.05, 0.1) is 6.61 Å². The van der Waals surface area contributed by atoms with Crippen molar-refractivity contribution in [2.45, 2.75) is 26.1 Å². The molecule has 0 fully saturated rings. The zero-order valence-corrected chi connectivity index (χ0v) is 12.4. The van der Waals surface area contributed by atoms with Gasteiger partial charge >= 0.3 is 5.97 Å². The SMILES string of the molecule is CC(=O)O[C@H](C)COC(c1ccccc1)c1ccccc1. The number of benzene rings is 2. The molecule has 3 nitrogen and oxygen atoms in total. The van der Waals surface area contributed by atoms with Crippen molar-refractivity contribution >= 4 is 5.97 Å². The monoisotopic (exact) mass is 284 g/mol. The predicted molar refractivity (Wildman–Crippen MR) is 81.9 cm³/mol. The van der Waals surface area contributed by atoms with Crippen LogP contribution in [0.25, 0.3) is 0 Å². The molecule has 0 saturated carbocycles. The number of hydrogen-bond donors (Lipinski definition) is 0. The highest BCUT2D eigenvalue weighted by molar-refractivity contribution is 5.66. The third kappa shape index (κ3) is 4.72. The van der Waals surface area contributed by atoms with Crippen molar-refractivity contribution in [2.24, 2.45) is 0 Å². The molecule has 0 aliphatic heterocycles. The van der Waals surface area contributed by atoms with Crippen molar-refractivity contribution in [2.75, 3.05) is 6.61 Å². The van der Waals surface area contributed by atoms with E-state index in [4.69, 9.17) is 9.47 Å². The zero-order valence-electron chi connectivity index (χ0n) is 12.4. The summed E-state index contributed by atoms with van der Waals surface area (Å²) in [6.45, 7) is 3.59. The topological polar surface area (TPSA) is 35.5 Å². The van der Waals surface area contributed by atoms with Gasteiger partial charge in [-0.15, -0.1) is 0 Å². The number of carbonyl (C=O) groups excluding carboxylic acids is 1. The van der Waals surface area contributed by atoms with Crippen LogP contribution in [-0.2, 0) is 14.3 Å². The van der Waals surface area contributed by atoms with Crippen molar-refractivity contribution in [1.82, 2.24) is 0 Å². The Balaban J connectivity index is 2.12. The van der Waals surface area contributed by atoms with Crippen molar-refractivity contribution in [3.63, 3.8) is 0 Å². The van der Waals surface area contributed by atoms with Gasteiger partial charge in [-0.1, -0.05) is 60.7 Å². The average Bonchev–Trinajstić information content (AvgIpc) is 2.49. The molecule has 2 aromatic rings. The number of hydrogen-bond acceptors (Lipinski definition) is 3. The van der Waals surface area contributed by atoms with Gasteiger partial charge in [-0.2, -0.15) is 0 Å². The molecule has 0 aliphatic rings. The first-order chi connectivity index (χ1) is 10.2. The summed E-state index contributed by atoms with van der Waals surface area (Å²) in [6.07, 6.45) is -0.428. The highest BCUT2D eigenvalue weighted by Crippen LogP contribution is 2.26. The molecule has 21 heavy (non-hydrogen) atoms. The van der Waals surface area contributed by atoms with Crippen LogP contribution >= 0.6 is 0 Å². The Kier molecular flexibility index (Phi) is 5.52. The molecule has 0 bridgehead atoms. The van der Waals surface area contributed by atoms with Gasteiger partial charge < -0.3 is 9.47 Å². The molecule has 3 heteroatoms. The highest BCUT2D eigenvalue weighted by atomic mass is 16.6. The van der Waals surface area contributed by atoms with Crippen LogP contribution in [0.2, 0.25) is 0 Å². The first-order valence-electron chi connectivity index (χ1n) is 7.05. The zero-order chi connectivity index (χ0) is 15.1. The summed E-state index contributed by atoms with van der Waals surface area (Å²) in [5, 5.41) is 0. The normalized spacial score (nSPS) is 12.1. The minimum atomic E-state index is -0.290. The van der Waals surface area contributed by atoms with E-state index in [1.54, 1.807) is 0 Å². The van der Waals surface area contributed by atoms with E-state index < -0.39 is 0 Å². The van der Waals surface area contributed by atoms with Crippen molar-refractivity contribution < 1.29 is 14.3 Å². The summed E-state index contributed by atoms with van der Waals surface area (Å²) in [4.78, 5) is 11.0. The lowest BCUT2D eigenvalue weighted by Gasteiger charge is -2.21. The minimum absolute atomic E-state index is 0.162. The molecule has 110 valence electrons. The summed E-state index contributed by atoms with van der Waals surface area (Å²) in [7, 11) is 0. The molecular weight excluding hydrogens is 264 g/mol. The maximum absolute atomic E-state index is 11.0. The molecule has 0 aliphatic carbocycles. The lowest BCUT2D eigenvalue weighted by atomic mass is 10.0. The number of ether oxygens (including phenoxy) is 2. The number of carbonyl (C=O) groups is 1. The molecule has 0 N–H and O–H groups in total. The second-order valence-corrected chi connectivity index (χ2v) is 4.95. The fraction of sp³-hybridized carbons (Fsp3) is 0.278. The van der Waals surface area contributed by atoms with E-state index in [1.807, 2.05) is 67.6 Å². The summed E-state index contributed by atoms with van der Waals surface area (Å²) >= 11 is 0. The van der Waals surface area contributed by atoms with E-state index in [-0.39, 0.29) is 18.2 Å². The second-order valence-electron chi connectivity index (χ2n) is 4.95. The molecule has 0 aromatic heterocycles.